The minimum Gasteiger partial charge on any atom is -0.481 e. The Bertz CT molecular complexity index is 1090. The maximum absolute atomic E-state index is 14.4. The van der Waals surface area contributed by atoms with Crippen LogP contribution in [0.4, 0.5) is 24.5 Å². The summed E-state index contributed by atoms with van der Waals surface area (Å²) in [5.74, 6) is -3.49. The fourth-order valence-corrected chi connectivity index (χ4v) is 3.42. The van der Waals surface area contributed by atoms with Crippen LogP contribution in [0.15, 0.2) is 30.5 Å². The molecule has 3 aromatic rings. The number of hydrogen-bond donors (Lipinski definition) is 3. The second-order valence-corrected chi connectivity index (χ2v) is 7.43. The van der Waals surface area contributed by atoms with Crippen molar-refractivity contribution in [1.29, 1.82) is 0 Å². The second kappa shape index (κ2) is 12.9. The van der Waals surface area contributed by atoms with E-state index in [0.29, 0.717) is 23.3 Å². The third-order valence-corrected chi connectivity index (χ3v) is 5.24. The predicted molar refractivity (Wildman–Crippen MR) is 129 cm³/mol. The van der Waals surface area contributed by atoms with Crippen LogP contribution in [0.1, 0.15) is 38.2 Å². The van der Waals surface area contributed by atoms with Gasteiger partial charge in [-0.25, -0.2) is 18.2 Å². The lowest BCUT2D eigenvalue weighted by atomic mass is 10.1. The number of carbonyl (C=O) groups is 1. The van der Waals surface area contributed by atoms with Crippen molar-refractivity contribution in [2.24, 2.45) is 5.92 Å². The molecule has 0 unspecified atom stereocenters. The Morgan fingerprint density at radius 3 is 2.41 bits per heavy atom. The van der Waals surface area contributed by atoms with Crippen LogP contribution in [0, 0.1) is 23.4 Å². The Balaban J connectivity index is 0.000000970. The third kappa shape index (κ3) is 6.23. The first-order chi connectivity index (χ1) is 16.4. The lowest BCUT2D eigenvalue weighted by Gasteiger charge is -2.26. The van der Waals surface area contributed by atoms with Gasteiger partial charge in [0.1, 0.15) is 23.0 Å². The van der Waals surface area contributed by atoms with Crippen LogP contribution in [0.5, 0.6) is 5.06 Å². The van der Waals surface area contributed by atoms with Crippen LogP contribution in [0.25, 0.3) is 11.3 Å². The summed E-state index contributed by atoms with van der Waals surface area (Å²) >= 11 is 1.06. The smallest absolute Gasteiger partial charge is 0.276 e. The van der Waals surface area contributed by atoms with Crippen LogP contribution >= 0.6 is 11.5 Å². The number of rotatable bonds is 6. The number of hydrogen-bond acceptors (Lipinski definition) is 7. The lowest BCUT2D eigenvalue weighted by molar-refractivity contribution is 0.102. The van der Waals surface area contributed by atoms with Crippen molar-refractivity contribution in [3.05, 3.63) is 53.6 Å². The maximum Gasteiger partial charge on any atom is 0.276 e. The standard InChI is InChI=1S/C19H16F3N5O2S.2C2H6/c20-10-2-1-3-11(21)15(10)16-12(22)4-13(23)17(27-16)18(28)26-14-7-25-30-19(14)29-8-9-5-24-6-9;2*1-2/h1-4,7,9,24H,5-6,8,23H2,(H,26,28);2*1-2H3. The van der Waals surface area contributed by atoms with Crippen LogP contribution in [-0.2, 0) is 0 Å². The van der Waals surface area contributed by atoms with E-state index in [4.69, 9.17) is 10.5 Å². The highest BCUT2D eigenvalue weighted by atomic mass is 32.1. The molecule has 0 atom stereocenters. The molecule has 4 rings (SSSR count). The minimum atomic E-state index is -1.05. The quantitative estimate of drug-likeness (QED) is 0.439. The molecule has 1 aromatic carbocycles. The summed E-state index contributed by atoms with van der Waals surface area (Å²) in [5, 5.41) is 6.08. The molecule has 4 N–H and O–H groups in total. The van der Waals surface area contributed by atoms with Gasteiger partial charge in [0.25, 0.3) is 5.91 Å². The molecule has 1 fully saturated rings. The molecule has 0 spiro atoms. The van der Waals surface area contributed by atoms with Gasteiger partial charge >= 0.3 is 0 Å². The number of benzene rings is 1. The first-order valence-electron chi connectivity index (χ1n) is 10.9. The molecule has 34 heavy (non-hydrogen) atoms. The van der Waals surface area contributed by atoms with Gasteiger partial charge in [-0.3, -0.25) is 4.79 Å². The Kier molecular flexibility index (Phi) is 10.3. The van der Waals surface area contributed by atoms with E-state index in [1.54, 1.807) is 0 Å². The van der Waals surface area contributed by atoms with E-state index in [-0.39, 0.29) is 11.4 Å². The fraction of sp³-hybridized carbons (Fsp3) is 0.348. The zero-order valence-electron chi connectivity index (χ0n) is 19.4. The Hall–Kier alpha value is -3.18. The SMILES string of the molecule is CC.CC.Nc1cc(F)c(-c2c(F)cccc2F)nc1C(=O)Nc1cnsc1OCC1CNC1. The number of carbonyl (C=O) groups excluding carboxylic acids is 1. The molecule has 0 aliphatic carbocycles. The summed E-state index contributed by atoms with van der Waals surface area (Å²) < 4.78 is 52.2. The Labute approximate surface area is 200 Å². The van der Waals surface area contributed by atoms with Gasteiger partial charge in [0, 0.05) is 36.6 Å². The molecule has 0 saturated carbocycles. The molecule has 1 aliphatic heterocycles. The highest BCUT2D eigenvalue weighted by molar-refractivity contribution is 7.08. The summed E-state index contributed by atoms with van der Waals surface area (Å²) in [4.78, 5) is 16.5. The second-order valence-electron chi connectivity index (χ2n) is 6.67. The summed E-state index contributed by atoms with van der Waals surface area (Å²) in [6.07, 6.45) is 1.40. The van der Waals surface area contributed by atoms with Crippen molar-refractivity contribution in [1.82, 2.24) is 14.7 Å². The lowest BCUT2D eigenvalue weighted by Crippen LogP contribution is -2.45. The van der Waals surface area contributed by atoms with Gasteiger partial charge in [-0.05, 0) is 12.1 Å². The predicted octanol–water partition coefficient (Wildman–Crippen LogP) is 5.11. The van der Waals surface area contributed by atoms with Crippen LogP contribution in [0.3, 0.4) is 0 Å². The number of ether oxygens (including phenoxy) is 1. The van der Waals surface area contributed by atoms with Crippen molar-refractivity contribution < 1.29 is 22.7 Å². The molecular weight excluding hydrogens is 467 g/mol. The number of nitrogens with two attached hydrogens (primary N) is 1. The molecule has 2 aromatic heterocycles. The van der Waals surface area contributed by atoms with Gasteiger partial charge in [0.2, 0.25) is 5.06 Å². The summed E-state index contributed by atoms with van der Waals surface area (Å²) in [6.45, 7) is 10.2. The topological polar surface area (TPSA) is 102 Å². The van der Waals surface area contributed by atoms with Crippen LogP contribution in [0.2, 0.25) is 0 Å². The average Bonchev–Trinajstić information content (AvgIpc) is 3.23. The Morgan fingerprint density at radius 2 is 1.82 bits per heavy atom. The monoisotopic (exact) mass is 495 g/mol. The molecule has 0 radical (unpaired) electrons. The summed E-state index contributed by atoms with van der Waals surface area (Å²) in [6, 6.07) is 3.87. The van der Waals surface area contributed by atoms with Gasteiger partial charge in [-0.15, -0.1) is 0 Å². The van der Waals surface area contributed by atoms with Crippen LogP contribution in [-0.4, -0.2) is 35.0 Å². The number of pyridine rings is 1. The van der Waals surface area contributed by atoms with Gasteiger partial charge in [0.15, 0.2) is 11.5 Å². The first-order valence-corrected chi connectivity index (χ1v) is 11.7. The van der Waals surface area contributed by atoms with Gasteiger partial charge in [-0.1, -0.05) is 33.8 Å². The maximum atomic E-state index is 14.4. The number of aromatic nitrogens is 2. The van der Waals surface area contributed by atoms with Gasteiger partial charge in [0.05, 0.1) is 24.1 Å². The number of amides is 1. The number of nitrogens with zero attached hydrogens (tertiary/aromatic N) is 2. The van der Waals surface area contributed by atoms with E-state index < -0.39 is 34.6 Å². The summed E-state index contributed by atoms with van der Waals surface area (Å²) in [5.41, 5.74) is 4.03. The van der Waals surface area contributed by atoms with E-state index in [0.717, 1.165) is 48.9 Å². The Morgan fingerprint density at radius 1 is 1.18 bits per heavy atom. The number of nitrogen functional groups attached to an aromatic ring is 1. The van der Waals surface area contributed by atoms with Crippen LogP contribution < -0.4 is 21.1 Å². The van der Waals surface area contributed by atoms with Crippen molar-refractivity contribution in [3.8, 4) is 16.3 Å². The first kappa shape index (κ1) is 27.1. The number of anilines is 2. The van der Waals surface area contributed by atoms with E-state index in [1.807, 2.05) is 27.7 Å². The molecule has 1 aliphatic rings. The van der Waals surface area contributed by atoms with E-state index in [9.17, 15) is 18.0 Å². The van der Waals surface area contributed by atoms with E-state index in [1.165, 1.54) is 6.20 Å². The largest absolute Gasteiger partial charge is 0.481 e. The highest BCUT2D eigenvalue weighted by Gasteiger charge is 2.23. The van der Waals surface area contributed by atoms with Crippen molar-refractivity contribution in [3.63, 3.8) is 0 Å². The zero-order chi connectivity index (χ0) is 25.3. The molecule has 1 saturated heterocycles. The van der Waals surface area contributed by atoms with Gasteiger partial charge < -0.3 is 21.1 Å². The van der Waals surface area contributed by atoms with Crippen molar-refractivity contribution in [2.75, 3.05) is 30.7 Å². The number of halogens is 3. The molecular formula is C23H28F3N5O2S. The van der Waals surface area contributed by atoms with E-state index in [2.05, 4.69) is 20.0 Å². The average molecular weight is 496 g/mol. The molecule has 184 valence electrons. The molecule has 3 heterocycles. The van der Waals surface area contributed by atoms with E-state index >= 15 is 0 Å². The normalized spacial score (nSPS) is 12.4. The molecule has 1 amide bonds. The minimum absolute atomic E-state index is 0.281. The molecule has 7 nitrogen and oxygen atoms in total. The van der Waals surface area contributed by atoms with Crippen molar-refractivity contribution >= 4 is 28.8 Å². The van der Waals surface area contributed by atoms with Gasteiger partial charge in [-0.2, -0.15) is 4.37 Å². The zero-order valence-corrected chi connectivity index (χ0v) is 20.2. The third-order valence-electron chi connectivity index (χ3n) is 4.52. The highest BCUT2D eigenvalue weighted by Crippen LogP contribution is 2.32. The fourth-order valence-electron chi connectivity index (χ4n) is 2.84. The summed E-state index contributed by atoms with van der Waals surface area (Å²) in [7, 11) is 0. The molecule has 11 heteroatoms. The number of nitrogens with one attached hydrogen (secondary N) is 2. The molecule has 0 bridgehead atoms. The van der Waals surface area contributed by atoms with Crippen molar-refractivity contribution in [2.45, 2.75) is 27.7 Å².